The van der Waals surface area contributed by atoms with Crippen LogP contribution in [-0.4, -0.2) is 47.5 Å². The second-order valence-electron chi connectivity index (χ2n) is 7.07. The zero-order valence-electron chi connectivity index (χ0n) is 17.7. The lowest BCUT2D eigenvalue weighted by molar-refractivity contribution is -0.274. The maximum Gasteiger partial charge on any atom is 0.573 e. The van der Waals surface area contributed by atoms with Crippen LogP contribution in [0.4, 0.5) is 18.0 Å². The Morgan fingerprint density at radius 3 is 2.38 bits per heavy atom. The predicted molar refractivity (Wildman–Crippen MR) is 107 cm³/mol. The summed E-state index contributed by atoms with van der Waals surface area (Å²) < 4.78 is 46.2. The van der Waals surface area contributed by atoms with Crippen LogP contribution >= 0.6 is 0 Å². The Hall–Kier alpha value is -3.24. The van der Waals surface area contributed by atoms with Gasteiger partial charge in [0.1, 0.15) is 5.75 Å². The van der Waals surface area contributed by atoms with Crippen molar-refractivity contribution in [1.29, 1.82) is 0 Å². The third kappa shape index (κ3) is 6.89. The molecule has 32 heavy (non-hydrogen) atoms. The molecule has 1 atom stereocenters. The topological polar surface area (TPSA) is 105 Å². The van der Waals surface area contributed by atoms with Crippen LogP contribution in [0.25, 0.3) is 0 Å². The number of carboxylic acids is 1. The minimum Gasteiger partial charge on any atom is -0.481 e. The molecule has 0 fully saturated rings. The molecule has 1 aromatic carbocycles. The van der Waals surface area contributed by atoms with E-state index >= 15 is 0 Å². The van der Waals surface area contributed by atoms with Crippen molar-refractivity contribution in [1.82, 2.24) is 10.2 Å². The number of amides is 2. The van der Waals surface area contributed by atoms with E-state index in [0.717, 1.165) is 12.1 Å². The Kier molecular flexibility index (Phi) is 8.50. The van der Waals surface area contributed by atoms with Crippen molar-refractivity contribution in [2.75, 3.05) is 13.2 Å². The van der Waals surface area contributed by atoms with Gasteiger partial charge in [-0.05, 0) is 44.4 Å². The lowest BCUT2D eigenvalue weighted by Crippen LogP contribution is -2.48. The number of benzene rings is 1. The summed E-state index contributed by atoms with van der Waals surface area (Å²) in [5.41, 5.74) is 0.920. The number of nitrogens with one attached hydrogen (secondary N) is 1. The highest BCUT2D eigenvalue weighted by atomic mass is 19.4. The molecule has 8 nitrogen and oxygen atoms in total. The van der Waals surface area contributed by atoms with Gasteiger partial charge in [-0.15, -0.1) is 13.2 Å². The van der Waals surface area contributed by atoms with Crippen LogP contribution in [0, 0.1) is 0 Å². The molecule has 11 heteroatoms. The van der Waals surface area contributed by atoms with Crippen molar-refractivity contribution in [2.24, 2.45) is 0 Å². The first-order chi connectivity index (χ1) is 15.0. The van der Waals surface area contributed by atoms with Gasteiger partial charge in [0.05, 0.1) is 18.2 Å². The van der Waals surface area contributed by atoms with Gasteiger partial charge < -0.3 is 19.9 Å². The Bertz CT molecular complexity index is 867. The summed E-state index contributed by atoms with van der Waals surface area (Å²) in [6.45, 7) is 3.60. The molecule has 1 heterocycles. The number of hydrogen-bond donors (Lipinski definition) is 2. The van der Waals surface area contributed by atoms with Gasteiger partial charge in [-0.2, -0.15) is 0 Å². The highest BCUT2D eigenvalue weighted by Gasteiger charge is 2.36. The Morgan fingerprint density at radius 1 is 1.16 bits per heavy atom. The Labute approximate surface area is 183 Å². The summed E-state index contributed by atoms with van der Waals surface area (Å²) >= 11 is 0. The third-order valence-electron chi connectivity index (χ3n) is 4.81. The SMILES string of the molecule is CCOC(=O)C1=C(C)N(CCCCCC(=O)O)C(=O)N[C@H]1c1ccc(OC(F)(F)F)cc1. The lowest BCUT2D eigenvalue weighted by Gasteiger charge is -2.35. The average molecular weight is 458 g/mol. The maximum absolute atomic E-state index is 12.7. The quantitative estimate of drug-likeness (QED) is 0.404. The molecular formula is C21H25F3N2O6. The van der Waals surface area contributed by atoms with E-state index in [1.807, 2.05) is 0 Å². The molecule has 0 spiro atoms. The largest absolute Gasteiger partial charge is 0.573 e. The fourth-order valence-electron chi connectivity index (χ4n) is 3.36. The second-order valence-corrected chi connectivity index (χ2v) is 7.07. The number of ether oxygens (including phenoxy) is 2. The van der Waals surface area contributed by atoms with Crippen molar-refractivity contribution in [2.45, 2.75) is 51.9 Å². The summed E-state index contributed by atoms with van der Waals surface area (Å²) in [6.07, 6.45) is -3.22. The molecule has 1 aliphatic heterocycles. The first kappa shape index (κ1) is 25.0. The number of halogens is 3. The minimum absolute atomic E-state index is 0.0330. The molecule has 2 rings (SSSR count). The maximum atomic E-state index is 12.7. The molecule has 0 aliphatic carbocycles. The van der Waals surface area contributed by atoms with Crippen molar-refractivity contribution in [3.05, 3.63) is 41.1 Å². The van der Waals surface area contributed by atoms with E-state index < -0.39 is 36.1 Å². The van der Waals surface area contributed by atoms with E-state index in [9.17, 15) is 27.6 Å². The number of carbonyl (C=O) groups excluding carboxylic acids is 2. The first-order valence-electron chi connectivity index (χ1n) is 10.1. The van der Waals surface area contributed by atoms with Gasteiger partial charge in [-0.1, -0.05) is 18.6 Å². The highest BCUT2D eigenvalue weighted by Crippen LogP contribution is 2.33. The van der Waals surface area contributed by atoms with Crippen LogP contribution in [0.15, 0.2) is 35.5 Å². The second kappa shape index (κ2) is 10.9. The number of aliphatic carboxylic acids is 1. The number of rotatable bonds is 10. The molecule has 0 radical (unpaired) electrons. The van der Waals surface area contributed by atoms with E-state index in [2.05, 4.69) is 10.1 Å². The van der Waals surface area contributed by atoms with Gasteiger partial charge in [0.15, 0.2) is 0 Å². The van der Waals surface area contributed by atoms with E-state index in [-0.39, 0.29) is 25.1 Å². The summed E-state index contributed by atoms with van der Waals surface area (Å²) in [5, 5.41) is 11.4. The van der Waals surface area contributed by atoms with Gasteiger partial charge in [-0.3, -0.25) is 9.69 Å². The fourth-order valence-corrected chi connectivity index (χ4v) is 3.36. The molecular weight excluding hydrogens is 433 g/mol. The predicted octanol–water partition coefficient (Wildman–Crippen LogP) is 4.13. The fraction of sp³-hybridized carbons (Fsp3) is 0.476. The van der Waals surface area contributed by atoms with Crippen molar-refractivity contribution in [3.63, 3.8) is 0 Å². The van der Waals surface area contributed by atoms with Gasteiger partial charge >= 0.3 is 24.3 Å². The van der Waals surface area contributed by atoms with Crippen LogP contribution in [0.3, 0.4) is 0 Å². The minimum atomic E-state index is -4.84. The normalized spacial score (nSPS) is 16.6. The van der Waals surface area contributed by atoms with Gasteiger partial charge in [0, 0.05) is 18.7 Å². The Balaban J connectivity index is 2.25. The number of hydrogen-bond acceptors (Lipinski definition) is 5. The standard InChI is InChI=1S/C21H25F3N2O6/c1-3-31-19(29)17-13(2)26(12-6-4-5-7-16(27)28)20(30)25-18(17)14-8-10-15(11-9-14)32-21(22,23)24/h8-11,18H,3-7,12H2,1-2H3,(H,25,30)(H,27,28)/t18-/m0/s1. The number of carbonyl (C=O) groups is 3. The average Bonchev–Trinajstić information content (AvgIpc) is 2.68. The van der Waals surface area contributed by atoms with Gasteiger partial charge in [0.2, 0.25) is 0 Å². The number of esters is 1. The molecule has 0 saturated carbocycles. The van der Waals surface area contributed by atoms with Crippen LogP contribution in [0.1, 0.15) is 51.1 Å². The van der Waals surface area contributed by atoms with Crippen molar-refractivity contribution in [3.8, 4) is 5.75 Å². The summed E-state index contributed by atoms with van der Waals surface area (Å²) in [5.74, 6) is -1.97. The summed E-state index contributed by atoms with van der Waals surface area (Å²) in [4.78, 5) is 37.3. The van der Waals surface area contributed by atoms with Crippen LogP contribution in [-0.2, 0) is 14.3 Å². The molecule has 1 aromatic rings. The third-order valence-corrected chi connectivity index (χ3v) is 4.81. The molecule has 0 aromatic heterocycles. The van der Waals surface area contributed by atoms with E-state index in [0.29, 0.717) is 30.5 Å². The molecule has 2 amide bonds. The number of unbranched alkanes of at least 4 members (excludes halogenated alkanes) is 2. The monoisotopic (exact) mass is 458 g/mol. The number of carboxylic acid groups (broad SMARTS) is 1. The zero-order valence-corrected chi connectivity index (χ0v) is 17.7. The van der Waals surface area contributed by atoms with Crippen molar-refractivity contribution < 1.29 is 42.1 Å². The summed E-state index contributed by atoms with van der Waals surface area (Å²) in [7, 11) is 0. The molecule has 0 unspecified atom stereocenters. The van der Waals surface area contributed by atoms with E-state index in [1.165, 1.54) is 17.0 Å². The first-order valence-corrected chi connectivity index (χ1v) is 10.1. The Morgan fingerprint density at radius 2 is 1.81 bits per heavy atom. The van der Waals surface area contributed by atoms with Crippen LogP contribution in [0.2, 0.25) is 0 Å². The summed E-state index contributed by atoms with van der Waals surface area (Å²) in [6, 6.07) is 3.48. The lowest BCUT2D eigenvalue weighted by atomic mass is 9.94. The number of urea groups is 1. The molecule has 1 aliphatic rings. The van der Waals surface area contributed by atoms with Crippen LogP contribution in [0.5, 0.6) is 5.75 Å². The molecule has 176 valence electrons. The number of allylic oxidation sites excluding steroid dienone is 1. The molecule has 0 bridgehead atoms. The van der Waals surface area contributed by atoms with Gasteiger partial charge in [-0.25, -0.2) is 9.59 Å². The van der Waals surface area contributed by atoms with Gasteiger partial charge in [0.25, 0.3) is 0 Å². The molecule has 2 N–H and O–H groups in total. The smallest absolute Gasteiger partial charge is 0.481 e. The van der Waals surface area contributed by atoms with E-state index in [4.69, 9.17) is 9.84 Å². The highest BCUT2D eigenvalue weighted by molar-refractivity contribution is 5.95. The van der Waals surface area contributed by atoms with Crippen LogP contribution < -0.4 is 10.1 Å². The zero-order chi connectivity index (χ0) is 23.9. The number of alkyl halides is 3. The van der Waals surface area contributed by atoms with E-state index in [1.54, 1.807) is 13.8 Å². The van der Waals surface area contributed by atoms with Crippen molar-refractivity contribution >= 4 is 18.0 Å². The molecule has 0 saturated heterocycles. The number of nitrogens with zero attached hydrogens (tertiary/aromatic N) is 1.